The van der Waals surface area contributed by atoms with Crippen LogP contribution < -0.4 is 19.6 Å². The molecule has 2 unspecified atom stereocenters. The number of hydrazine groups is 1. The van der Waals surface area contributed by atoms with Crippen LogP contribution in [0.4, 0.5) is 0 Å². The highest BCUT2D eigenvalue weighted by Gasteiger charge is 2.40. The number of aryl methyl sites for hydroxylation is 2. The Labute approximate surface area is 209 Å². The second kappa shape index (κ2) is 9.54. The van der Waals surface area contributed by atoms with E-state index in [1.165, 1.54) is 16.7 Å². The Hall–Kier alpha value is -4.05. The van der Waals surface area contributed by atoms with Crippen LogP contribution in [0.1, 0.15) is 35.0 Å². The molecule has 5 rings (SSSR count). The van der Waals surface area contributed by atoms with Crippen molar-refractivity contribution in [1.82, 2.24) is 25.5 Å². The molecule has 10 nitrogen and oxygen atoms in total. The van der Waals surface area contributed by atoms with E-state index in [2.05, 4.69) is 47.6 Å². The van der Waals surface area contributed by atoms with E-state index in [0.29, 0.717) is 40.9 Å². The van der Waals surface area contributed by atoms with Gasteiger partial charge >= 0.3 is 0 Å². The molecule has 2 atom stereocenters. The molecule has 3 aromatic rings. The lowest BCUT2D eigenvalue weighted by atomic mass is 9.97. The number of nitrogens with zero attached hydrogens (tertiary/aromatic N) is 4. The minimum absolute atomic E-state index is 0.0242. The standard InChI is InChI=1S/C26H29N5O5/c1-15-6-7-17(10-16(15)2)19-13-20-26(32)30(8-9-31(20)28-19)14-23-27-25(29-36-23)18-11-21(33-3)24(35-5)22(12-18)34-4/h6-12,19-20,28H,13-14H2,1-5H3. The van der Waals surface area contributed by atoms with Crippen LogP contribution in [0.5, 0.6) is 17.2 Å². The van der Waals surface area contributed by atoms with Gasteiger partial charge in [0.25, 0.3) is 5.91 Å². The van der Waals surface area contributed by atoms with Crippen LogP contribution in [0.15, 0.2) is 47.3 Å². The summed E-state index contributed by atoms with van der Waals surface area (Å²) in [5.41, 5.74) is 7.75. The number of methoxy groups -OCH3 is 3. The highest BCUT2D eigenvalue weighted by Crippen LogP contribution is 2.40. The maximum atomic E-state index is 13.3. The van der Waals surface area contributed by atoms with Gasteiger partial charge in [0.1, 0.15) is 12.6 Å². The number of carbonyl (C=O) groups excluding carboxylic acids is 1. The summed E-state index contributed by atoms with van der Waals surface area (Å²) in [4.78, 5) is 19.4. The first-order valence-electron chi connectivity index (χ1n) is 11.6. The van der Waals surface area contributed by atoms with E-state index in [9.17, 15) is 4.79 Å². The minimum atomic E-state index is -0.306. The summed E-state index contributed by atoms with van der Waals surface area (Å²) >= 11 is 0. The van der Waals surface area contributed by atoms with Gasteiger partial charge in [-0.25, -0.2) is 5.43 Å². The normalized spacial score (nSPS) is 19.0. The second-order valence-corrected chi connectivity index (χ2v) is 8.87. The molecular weight excluding hydrogens is 462 g/mol. The van der Waals surface area contributed by atoms with E-state index >= 15 is 0 Å². The van der Waals surface area contributed by atoms with E-state index in [1.807, 2.05) is 11.2 Å². The first kappa shape index (κ1) is 23.7. The van der Waals surface area contributed by atoms with Crippen LogP contribution in [-0.2, 0) is 11.3 Å². The Morgan fingerprint density at radius 3 is 2.44 bits per heavy atom. The summed E-state index contributed by atoms with van der Waals surface area (Å²) in [5, 5.41) is 5.98. The molecule has 0 spiro atoms. The molecule has 0 bridgehead atoms. The molecule has 2 aromatic carbocycles. The van der Waals surface area contributed by atoms with Gasteiger partial charge in [-0.3, -0.25) is 4.79 Å². The molecule has 1 N–H and O–H groups in total. The molecule has 188 valence electrons. The second-order valence-electron chi connectivity index (χ2n) is 8.87. The largest absolute Gasteiger partial charge is 0.493 e. The summed E-state index contributed by atoms with van der Waals surface area (Å²) in [6.07, 6.45) is 4.28. The molecule has 36 heavy (non-hydrogen) atoms. The number of rotatable bonds is 7. The van der Waals surface area contributed by atoms with Crippen LogP contribution in [-0.4, -0.2) is 53.3 Å². The van der Waals surface area contributed by atoms with E-state index in [0.717, 1.165) is 0 Å². The number of fused-ring (bicyclic) bond motifs is 1. The number of hydrogen-bond donors (Lipinski definition) is 1. The van der Waals surface area contributed by atoms with Crippen molar-refractivity contribution >= 4 is 5.91 Å². The van der Waals surface area contributed by atoms with Crippen molar-refractivity contribution in [2.75, 3.05) is 21.3 Å². The molecule has 2 aliphatic rings. The summed E-state index contributed by atoms with van der Waals surface area (Å²) in [5.74, 6) is 2.10. The minimum Gasteiger partial charge on any atom is -0.493 e. The summed E-state index contributed by atoms with van der Waals surface area (Å²) in [6, 6.07) is 9.67. The SMILES string of the molecule is COc1cc(-c2noc(CN3C=CN4NC(c5ccc(C)c(C)c5)CC4C3=O)n2)cc(OC)c1OC. The molecule has 0 radical (unpaired) electrons. The highest BCUT2D eigenvalue weighted by molar-refractivity contribution is 5.84. The van der Waals surface area contributed by atoms with Gasteiger partial charge in [-0.2, -0.15) is 4.98 Å². The van der Waals surface area contributed by atoms with Gasteiger partial charge < -0.3 is 28.6 Å². The van der Waals surface area contributed by atoms with E-state index in [4.69, 9.17) is 18.7 Å². The number of amides is 1. The van der Waals surface area contributed by atoms with Gasteiger partial charge in [0.2, 0.25) is 17.5 Å². The Morgan fingerprint density at radius 1 is 1.03 bits per heavy atom. The fourth-order valence-corrected chi connectivity index (χ4v) is 4.56. The average Bonchev–Trinajstić information content (AvgIpc) is 3.54. The van der Waals surface area contributed by atoms with Gasteiger partial charge in [-0.05, 0) is 49.1 Å². The van der Waals surface area contributed by atoms with Crippen LogP contribution in [0.3, 0.4) is 0 Å². The van der Waals surface area contributed by atoms with Crippen LogP contribution in [0, 0.1) is 13.8 Å². The fraction of sp³-hybridized carbons (Fsp3) is 0.346. The summed E-state index contributed by atoms with van der Waals surface area (Å²) in [6.45, 7) is 4.37. The number of carbonyl (C=O) groups is 1. The molecule has 10 heteroatoms. The van der Waals surface area contributed by atoms with Crippen molar-refractivity contribution in [3.63, 3.8) is 0 Å². The smallest absolute Gasteiger partial charge is 0.251 e. The third-order valence-electron chi connectivity index (χ3n) is 6.70. The quantitative estimate of drug-likeness (QED) is 0.532. The van der Waals surface area contributed by atoms with Crippen LogP contribution in [0.25, 0.3) is 11.4 Å². The van der Waals surface area contributed by atoms with Gasteiger partial charge in [-0.15, -0.1) is 0 Å². The maximum Gasteiger partial charge on any atom is 0.251 e. The van der Waals surface area contributed by atoms with E-state index in [1.54, 1.807) is 44.6 Å². The molecule has 2 aliphatic heterocycles. The number of ether oxygens (including phenoxy) is 3. The predicted octanol–water partition coefficient (Wildman–Crippen LogP) is 3.51. The molecule has 1 aromatic heterocycles. The number of hydrogen-bond acceptors (Lipinski definition) is 9. The van der Waals surface area contributed by atoms with Gasteiger partial charge in [0.15, 0.2) is 11.5 Å². The van der Waals surface area contributed by atoms with Gasteiger partial charge in [-0.1, -0.05) is 23.4 Å². The van der Waals surface area contributed by atoms with E-state index < -0.39 is 0 Å². The molecule has 1 fully saturated rings. The number of nitrogens with one attached hydrogen (secondary N) is 1. The third-order valence-corrected chi connectivity index (χ3v) is 6.70. The molecule has 1 amide bonds. The lowest BCUT2D eigenvalue weighted by Crippen LogP contribution is -2.47. The maximum absolute atomic E-state index is 13.3. The first-order chi connectivity index (χ1) is 17.4. The Bertz CT molecular complexity index is 1290. The molecule has 0 aliphatic carbocycles. The number of benzene rings is 2. The zero-order chi connectivity index (χ0) is 25.4. The monoisotopic (exact) mass is 491 g/mol. The predicted molar refractivity (Wildman–Crippen MR) is 131 cm³/mol. The van der Waals surface area contributed by atoms with Crippen molar-refractivity contribution < 1.29 is 23.5 Å². The zero-order valence-electron chi connectivity index (χ0n) is 20.9. The lowest BCUT2D eigenvalue weighted by Gasteiger charge is -2.30. The Balaban J connectivity index is 1.31. The summed E-state index contributed by atoms with van der Waals surface area (Å²) < 4.78 is 21.7. The summed E-state index contributed by atoms with van der Waals surface area (Å²) in [7, 11) is 4.63. The average molecular weight is 492 g/mol. The number of aromatic nitrogens is 2. The van der Waals surface area contributed by atoms with Gasteiger partial charge in [0.05, 0.1) is 27.4 Å². The van der Waals surface area contributed by atoms with Gasteiger partial charge in [0, 0.05) is 18.0 Å². The van der Waals surface area contributed by atoms with Crippen molar-refractivity contribution in [3.8, 4) is 28.6 Å². The third kappa shape index (κ3) is 4.24. The van der Waals surface area contributed by atoms with Crippen molar-refractivity contribution in [1.29, 1.82) is 0 Å². The van der Waals surface area contributed by atoms with Crippen molar-refractivity contribution in [3.05, 3.63) is 65.3 Å². The molecule has 3 heterocycles. The zero-order valence-corrected chi connectivity index (χ0v) is 20.9. The Kier molecular flexibility index (Phi) is 6.27. The molecule has 1 saturated heterocycles. The fourth-order valence-electron chi connectivity index (χ4n) is 4.56. The van der Waals surface area contributed by atoms with Crippen molar-refractivity contribution in [2.45, 2.75) is 38.9 Å². The Morgan fingerprint density at radius 2 is 1.78 bits per heavy atom. The highest BCUT2D eigenvalue weighted by atomic mass is 16.5. The topological polar surface area (TPSA) is 102 Å². The molecular formula is C26H29N5O5. The first-order valence-corrected chi connectivity index (χ1v) is 11.6. The lowest BCUT2D eigenvalue weighted by molar-refractivity contribution is -0.135. The van der Waals surface area contributed by atoms with E-state index in [-0.39, 0.29) is 24.5 Å². The van der Waals surface area contributed by atoms with Crippen LogP contribution in [0.2, 0.25) is 0 Å². The van der Waals surface area contributed by atoms with Crippen molar-refractivity contribution in [2.24, 2.45) is 0 Å². The van der Waals surface area contributed by atoms with Crippen LogP contribution >= 0.6 is 0 Å². The molecule has 0 saturated carbocycles.